The Bertz CT molecular complexity index is 1070. The molecule has 26 heavy (non-hydrogen) atoms. The SMILES string of the molecule is COc1ccccc1-c1oc(=O)n(-c2cc(Cl)c([N+](=O)[O-])cc2Cl)c1O. The van der Waals surface area contributed by atoms with E-state index in [0.29, 0.717) is 11.3 Å². The summed E-state index contributed by atoms with van der Waals surface area (Å²) in [6.07, 6.45) is 0. The Balaban J connectivity index is 2.23. The lowest BCUT2D eigenvalue weighted by molar-refractivity contribution is -0.384. The number of halogens is 2. The Hall–Kier alpha value is -2.97. The quantitative estimate of drug-likeness (QED) is 0.526. The van der Waals surface area contributed by atoms with E-state index in [2.05, 4.69) is 0 Å². The van der Waals surface area contributed by atoms with Crippen molar-refractivity contribution in [2.45, 2.75) is 0 Å². The van der Waals surface area contributed by atoms with Crippen molar-refractivity contribution in [3.05, 3.63) is 67.1 Å². The van der Waals surface area contributed by atoms with Crippen molar-refractivity contribution in [3.8, 4) is 28.6 Å². The number of aromatic nitrogens is 1. The maximum Gasteiger partial charge on any atom is 0.427 e. The summed E-state index contributed by atoms with van der Waals surface area (Å²) in [4.78, 5) is 22.5. The fourth-order valence-corrected chi connectivity index (χ4v) is 2.89. The standard InChI is InChI=1S/C16H10Cl2N2O6/c1-25-13-5-3-2-4-8(13)14-15(21)19(16(22)26-14)11-6-10(18)12(20(23)24)7-9(11)17/h2-7,21H,1H3. The molecule has 1 N–H and O–H groups in total. The molecule has 0 unspecified atom stereocenters. The van der Waals surface area contributed by atoms with Crippen LogP contribution in [0.1, 0.15) is 0 Å². The van der Waals surface area contributed by atoms with Crippen LogP contribution in [-0.4, -0.2) is 21.7 Å². The van der Waals surface area contributed by atoms with Crippen molar-refractivity contribution in [1.29, 1.82) is 0 Å². The minimum Gasteiger partial charge on any atom is -0.496 e. The number of nitro groups is 1. The summed E-state index contributed by atoms with van der Waals surface area (Å²) in [5.41, 5.74) is -0.149. The van der Waals surface area contributed by atoms with E-state index in [4.69, 9.17) is 32.4 Å². The van der Waals surface area contributed by atoms with E-state index in [1.54, 1.807) is 24.3 Å². The van der Waals surface area contributed by atoms with Crippen LogP contribution in [0.4, 0.5) is 5.69 Å². The molecule has 8 nitrogen and oxygen atoms in total. The highest BCUT2D eigenvalue weighted by Gasteiger charge is 2.25. The summed E-state index contributed by atoms with van der Waals surface area (Å²) in [7, 11) is 1.43. The predicted molar refractivity (Wildman–Crippen MR) is 94.6 cm³/mol. The Morgan fingerprint density at radius 3 is 2.58 bits per heavy atom. The summed E-state index contributed by atoms with van der Waals surface area (Å²) in [5.74, 6) is -1.27. The van der Waals surface area contributed by atoms with Gasteiger partial charge in [0.25, 0.3) is 5.69 Å². The maximum absolute atomic E-state index is 12.3. The molecule has 134 valence electrons. The number of rotatable bonds is 4. The number of para-hydroxylation sites is 1. The molecule has 0 fully saturated rings. The lowest BCUT2D eigenvalue weighted by Crippen LogP contribution is -2.12. The monoisotopic (exact) mass is 396 g/mol. The van der Waals surface area contributed by atoms with Crippen molar-refractivity contribution in [3.63, 3.8) is 0 Å². The first-order valence-electron chi connectivity index (χ1n) is 7.07. The Morgan fingerprint density at radius 1 is 1.23 bits per heavy atom. The first kappa shape index (κ1) is 17.8. The second-order valence-electron chi connectivity index (χ2n) is 5.07. The van der Waals surface area contributed by atoms with E-state index in [-0.39, 0.29) is 21.5 Å². The molecule has 0 spiro atoms. The van der Waals surface area contributed by atoms with E-state index in [9.17, 15) is 20.0 Å². The zero-order valence-electron chi connectivity index (χ0n) is 13.1. The Morgan fingerprint density at radius 2 is 1.92 bits per heavy atom. The first-order valence-corrected chi connectivity index (χ1v) is 7.82. The molecule has 3 rings (SSSR count). The number of aromatic hydroxyl groups is 1. The molecule has 0 aliphatic carbocycles. The highest BCUT2D eigenvalue weighted by Crippen LogP contribution is 2.39. The van der Waals surface area contributed by atoms with E-state index >= 15 is 0 Å². The van der Waals surface area contributed by atoms with Gasteiger partial charge >= 0.3 is 5.76 Å². The minimum atomic E-state index is -0.949. The van der Waals surface area contributed by atoms with Gasteiger partial charge < -0.3 is 14.3 Å². The third-order valence-electron chi connectivity index (χ3n) is 3.59. The minimum absolute atomic E-state index is 0.0605. The molecule has 3 aromatic rings. The van der Waals surface area contributed by atoms with Crippen LogP contribution in [0.3, 0.4) is 0 Å². The molecule has 0 radical (unpaired) electrons. The van der Waals surface area contributed by atoms with Crippen LogP contribution in [0.5, 0.6) is 11.6 Å². The van der Waals surface area contributed by atoms with E-state index in [0.717, 1.165) is 16.7 Å². The maximum atomic E-state index is 12.3. The number of nitrogens with zero attached hydrogens (tertiary/aromatic N) is 2. The molecule has 0 saturated carbocycles. The molecular weight excluding hydrogens is 387 g/mol. The van der Waals surface area contributed by atoms with Crippen molar-refractivity contribution < 1.29 is 19.2 Å². The van der Waals surface area contributed by atoms with Crippen molar-refractivity contribution in [2.75, 3.05) is 7.11 Å². The van der Waals surface area contributed by atoms with Gasteiger partial charge in [0.05, 0.1) is 28.3 Å². The van der Waals surface area contributed by atoms with E-state index < -0.39 is 22.2 Å². The third kappa shape index (κ3) is 2.89. The molecule has 10 heteroatoms. The molecular formula is C16H10Cl2N2O6. The third-order valence-corrected chi connectivity index (χ3v) is 4.20. The van der Waals surface area contributed by atoms with Crippen LogP contribution in [0.25, 0.3) is 17.0 Å². The fraction of sp³-hybridized carbons (Fsp3) is 0.0625. The van der Waals surface area contributed by atoms with Crippen LogP contribution >= 0.6 is 23.2 Å². The van der Waals surface area contributed by atoms with Gasteiger partial charge in [0.2, 0.25) is 11.6 Å². The van der Waals surface area contributed by atoms with Gasteiger partial charge in [-0.15, -0.1) is 0 Å². The van der Waals surface area contributed by atoms with Crippen LogP contribution in [0.2, 0.25) is 10.0 Å². The zero-order valence-corrected chi connectivity index (χ0v) is 14.6. The molecule has 0 amide bonds. The second-order valence-corrected chi connectivity index (χ2v) is 5.88. The van der Waals surface area contributed by atoms with Crippen molar-refractivity contribution in [1.82, 2.24) is 4.57 Å². The molecule has 0 atom stereocenters. The average Bonchev–Trinajstić information content (AvgIpc) is 2.90. The van der Waals surface area contributed by atoms with Crippen LogP contribution < -0.4 is 10.5 Å². The first-order chi connectivity index (χ1) is 12.3. The number of hydrogen-bond donors (Lipinski definition) is 1. The molecule has 0 aliphatic heterocycles. The van der Waals surface area contributed by atoms with Gasteiger partial charge in [-0.1, -0.05) is 35.3 Å². The normalized spacial score (nSPS) is 10.7. The number of nitro benzene ring substituents is 1. The van der Waals surface area contributed by atoms with Gasteiger partial charge in [0.15, 0.2) is 0 Å². The van der Waals surface area contributed by atoms with Gasteiger partial charge in [0.1, 0.15) is 10.8 Å². The van der Waals surface area contributed by atoms with Crippen molar-refractivity contribution >= 4 is 28.9 Å². The van der Waals surface area contributed by atoms with Gasteiger partial charge in [0, 0.05) is 6.07 Å². The number of benzene rings is 2. The molecule has 1 heterocycles. The second kappa shape index (κ2) is 6.74. The highest BCUT2D eigenvalue weighted by atomic mass is 35.5. The number of oxazole rings is 1. The van der Waals surface area contributed by atoms with Gasteiger partial charge in [-0.2, -0.15) is 0 Å². The van der Waals surface area contributed by atoms with Crippen molar-refractivity contribution in [2.24, 2.45) is 0 Å². The topological polar surface area (TPSA) is 108 Å². The van der Waals surface area contributed by atoms with Gasteiger partial charge in [-0.25, -0.2) is 9.36 Å². The Kier molecular flexibility index (Phi) is 4.62. The molecule has 1 aromatic heterocycles. The molecule has 0 aliphatic rings. The largest absolute Gasteiger partial charge is 0.496 e. The molecule has 0 saturated heterocycles. The van der Waals surface area contributed by atoms with Crippen LogP contribution in [-0.2, 0) is 0 Å². The number of ether oxygens (including phenoxy) is 1. The Labute approximate surface area is 155 Å². The predicted octanol–water partition coefficient (Wildman–Crippen LogP) is 4.03. The van der Waals surface area contributed by atoms with Crippen LogP contribution in [0, 0.1) is 10.1 Å². The lowest BCUT2D eigenvalue weighted by atomic mass is 10.1. The zero-order chi connectivity index (χ0) is 19.0. The van der Waals surface area contributed by atoms with E-state index in [1.165, 1.54) is 7.11 Å². The summed E-state index contributed by atoms with van der Waals surface area (Å²) in [6, 6.07) is 8.69. The summed E-state index contributed by atoms with van der Waals surface area (Å²) in [6.45, 7) is 0. The smallest absolute Gasteiger partial charge is 0.427 e. The van der Waals surface area contributed by atoms with Gasteiger partial charge in [-0.3, -0.25) is 10.1 Å². The molecule has 2 aromatic carbocycles. The summed E-state index contributed by atoms with van der Waals surface area (Å²) < 4.78 is 11.1. The number of hydrogen-bond acceptors (Lipinski definition) is 6. The average molecular weight is 397 g/mol. The summed E-state index contributed by atoms with van der Waals surface area (Å²) in [5, 5.41) is 21.0. The highest BCUT2D eigenvalue weighted by molar-refractivity contribution is 6.36. The lowest BCUT2D eigenvalue weighted by Gasteiger charge is -2.07. The van der Waals surface area contributed by atoms with Crippen LogP contribution in [0.15, 0.2) is 45.6 Å². The van der Waals surface area contributed by atoms with E-state index in [1.807, 2.05) is 0 Å². The molecule has 0 bridgehead atoms. The van der Waals surface area contributed by atoms with Gasteiger partial charge in [-0.05, 0) is 18.2 Å². The number of methoxy groups -OCH3 is 1. The fourth-order valence-electron chi connectivity index (χ4n) is 2.42. The summed E-state index contributed by atoms with van der Waals surface area (Å²) >= 11 is 11.9.